The van der Waals surface area contributed by atoms with E-state index in [1.165, 1.54) is 32.3 Å². The lowest BCUT2D eigenvalue weighted by atomic mass is 9.35. The van der Waals surface area contributed by atoms with Crippen LogP contribution in [0.1, 0.15) is 249 Å². The lowest BCUT2D eigenvalue weighted by molar-refractivity contribution is -0.266. The molecule has 0 aromatic heterocycles. The zero-order chi connectivity index (χ0) is 108. The van der Waals surface area contributed by atoms with Gasteiger partial charge in [0.1, 0.15) is 0 Å². The van der Waals surface area contributed by atoms with Crippen LogP contribution in [-0.2, 0) is 78.6 Å². The molecule has 11 unspecified atom stereocenters. The number of alkyl halides is 12. The summed E-state index contributed by atoms with van der Waals surface area (Å²) in [4.78, 5) is 46.6. The van der Waals surface area contributed by atoms with Gasteiger partial charge in [-0.2, -0.15) is 35.1 Å². The zero-order valence-corrected chi connectivity index (χ0v) is 85.1. The second-order valence-corrected chi connectivity index (χ2v) is 48.1. The summed E-state index contributed by atoms with van der Waals surface area (Å²) < 4.78 is 297. The average molecular weight is 2070 g/mol. The summed E-state index contributed by atoms with van der Waals surface area (Å²) in [5.41, 5.74) is -10.4. The molecule has 13 rings (SSSR count). The maximum Gasteiger partial charge on any atom is 0.364 e. The number of hydrogen-bond acceptors (Lipinski definition) is 28. The van der Waals surface area contributed by atoms with Gasteiger partial charge < -0.3 is 78.0 Å². The van der Waals surface area contributed by atoms with Gasteiger partial charge in [-0.3, -0.25) is 19.2 Å². The summed E-state index contributed by atoms with van der Waals surface area (Å²) in [6, 6.07) is 38.1. The first-order valence-electron chi connectivity index (χ1n) is 44.2. The molecule has 28 nitrogen and oxygen atoms in total. The van der Waals surface area contributed by atoms with Gasteiger partial charge in [0, 0.05) is 55.8 Å². The molecule has 5 aromatic rings. The van der Waals surface area contributed by atoms with Gasteiger partial charge in [-0.1, -0.05) is 97.1 Å². The molecule has 8 aliphatic rings. The van der Waals surface area contributed by atoms with E-state index in [0.29, 0.717) is 64.2 Å². The topological polar surface area (TPSA) is 496 Å². The minimum Gasteiger partial charge on any atom is -0.743 e. The van der Waals surface area contributed by atoms with Crippen molar-refractivity contribution in [1.29, 1.82) is 0 Å². The Labute approximate surface area is 801 Å². The molecule has 0 amide bonds. The normalized spacial score (nSPS) is 23.6. The smallest absolute Gasteiger partial charge is 0.364 e. The third-order valence-corrected chi connectivity index (χ3v) is 27.5. The highest BCUT2D eigenvalue weighted by Crippen LogP contribution is 2.76. The van der Waals surface area contributed by atoms with Crippen molar-refractivity contribution >= 4 is 96.7 Å². The Morgan fingerprint density at radius 2 is 0.594 bits per heavy atom. The number of carbonyl (C=O) groups is 4. The number of carbonyl (C=O) groups excluding carboxylic acids is 4. The van der Waals surface area contributed by atoms with Crippen LogP contribution in [0, 0.1) is 50.7 Å². The van der Waals surface area contributed by atoms with Crippen LogP contribution in [0.5, 0.6) is 0 Å². The molecular formula is C94H138F12O28S4-4. The number of fused-ring (bicyclic) bond motifs is 3. The summed E-state index contributed by atoms with van der Waals surface area (Å²) in [5.74, 6) is -3.86. The van der Waals surface area contributed by atoms with Crippen molar-refractivity contribution in [2.75, 3.05) is 26.4 Å². The van der Waals surface area contributed by atoms with E-state index in [-0.39, 0.29) is 17.8 Å². The Balaban J connectivity index is 0.000000558. The molecule has 0 radical (unpaired) electrons. The highest BCUT2D eigenvalue weighted by molar-refractivity contribution is 7.87. The van der Waals surface area contributed by atoms with Crippen LogP contribution in [0.3, 0.4) is 0 Å². The Morgan fingerprint density at radius 3 is 0.841 bits per heavy atom. The monoisotopic (exact) mass is 2070 g/mol. The SMILES string of the molecule is CC(=O)OCCC(F)C(F)(F)S(=O)(=O)[O-].CC(=O)OCCC(F)C(F)(F)S(=O)(=O)[O-].CC(C)(C)O.CC(C)(C)O.CC(C)(C)O.CC(C)(C)O.CC(C)(O)C12CC3CC(C(=O)OCCC(F)C(F)(F)S(=O)(=O)[O-])(C1)CC(C(C)(C)O)(C3)C2.CC(C)(O)C12CC3CC(C1)C(C(=O)OCCC(F)C(F)(F)S(=O)(=O)[O-])C(C(C)(C)O)(C3)C2.c1ccc2cc3ccccc3cc2c1.c1ccc2ccccc2c1. The third-order valence-electron chi connectivity index (χ3n) is 23.8. The zero-order valence-electron chi connectivity index (χ0n) is 81.9. The number of esters is 4. The molecule has 11 atom stereocenters. The van der Waals surface area contributed by atoms with Crippen molar-refractivity contribution in [3.8, 4) is 0 Å². The maximum absolute atomic E-state index is 13.7. The Bertz CT molecular complexity index is 4950. The summed E-state index contributed by atoms with van der Waals surface area (Å²) >= 11 is 0. The van der Waals surface area contributed by atoms with Gasteiger partial charge in [-0.25, -0.2) is 51.2 Å². The minimum atomic E-state index is -6.19. The van der Waals surface area contributed by atoms with Gasteiger partial charge in [0.15, 0.2) is 65.2 Å². The van der Waals surface area contributed by atoms with E-state index < -0.39 is 240 Å². The number of rotatable bonds is 26. The number of aliphatic hydroxyl groups is 8. The van der Waals surface area contributed by atoms with Crippen LogP contribution in [0.25, 0.3) is 32.3 Å². The van der Waals surface area contributed by atoms with Crippen molar-refractivity contribution < 1.29 is 184 Å². The molecule has 44 heteroatoms. The Hall–Kier alpha value is -6.76. The number of halogens is 12. The van der Waals surface area contributed by atoms with Crippen molar-refractivity contribution in [2.24, 2.45) is 50.7 Å². The standard InChI is InChI=1S/2C21H33F3O7S.C14H10.C10H8.2C6H9F3O5S.4C4H10O/c1-16(2,26)19-8-13-7-18(10-19,11-20(9-13,12-19)17(3,4)27)15(25)31-6-5-14(22)21(23,24)32(28,29)30;1-17(2,26)19-8-12-7-13(10-19)15(20(9-12,11-19)18(3,4)27)16(25)31-6-5-14(22)21(23,24)32(28,29)30;1-2-6-12-10-14-8-4-3-7-13(14)9-11(12)5-1;1-2-6-10-8-4-3-7-9(10)5-1;2*1-4(10)14-3-2-5(7)6(8,9)15(11,12)13;4*1-4(2,3)5/h13-14,26-27H,5-12H2,1-4H3,(H,28,29,30);12-15,26-27H,5-11H2,1-4H3,(H,28,29,30);1-10H;1-8H;2*5H,2-3H2,1H3,(H,11,12,13);4*5H,1-3H3/p-4. The molecule has 5 aromatic carbocycles. The van der Waals surface area contributed by atoms with Crippen molar-refractivity contribution in [3.05, 3.63) is 109 Å². The van der Waals surface area contributed by atoms with E-state index in [0.717, 1.165) is 20.3 Å². The van der Waals surface area contributed by atoms with E-state index in [1.54, 1.807) is 138 Å². The van der Waals surface area contributed by atoms with E-state index in [2.05, 4.69) is 119 Å². The lowest BCUT2D eigenvalue weighted by Gasteiger charge is -2.70. The van der Waals surface area contributed by atoms with Gasteiger partial charge in [0.05, 0.1) is 82.6 Å². The van der Waals surface area contributed by atoms with Crippen molar-refractivity contribution in [1.82, 2.24) is 0 Å². The molecular weight excluding hydrogens is 1930 g/mol. The van der Waals surface area contributed by atoms with Crippen LogP contribution < -0.4 is 0 Å². The molecule has 8 fully saturated rings. The number of ether oxygens (including phenoxy) is 4. The predicted molar refractivity (Wildman–Crippen MR) is 487 cm³/mol. The predicted octanol–water partition coefficient (Wildman–Crippen LogP) is 16.4. The van der Waals surface area contributed by atoms with E-state index in [1.807, 2.05) is 0 Å². The summed E-state index contributed by atoms with van der Waals surface area (Å²) in [6.45, 7) is 33.2. The van der Waals surface area contributed by atoms with Gasteiger partial charge in [0.25, 0.3) is 0 Å². The molecule has 138 heavy (non-hydrogen) atoms. The minimum absolute atomic E-state index is 0.0421. The fourth-order valence-electron chi connectivity index (χ4n) is 17.9. The van der Waals surface area contributed by atoms with Crippen LogP contribution in [0.15, 0.2) is 109 Å². The molecule has 0 aliphatic heterocycles. The molecule has 0 saturated heterocycles. The largest absolute Gasteiger partial charge is 0.743 e. The highest BCUT2D eigenvalue weighted by Gasteiger charge is 2.73. The van der Waals surface area contributed by atoms with Crippen LogP contribution in [0.2, 0.25) is 0 Å². The molecule has 0 spiro atoms. The molecule has 0 heterocycles. The lowest BCUT2D eigenvalue weighted by Crippen LogP contribution is -2.69. The maximum atomic E-state index is 13.7. The summed E-state index contributed by atoms with van der Waals surface area (Å²) in [5, 5.41) is 65.8. The summed E-state index contributed by atoms with van der Waals surface area (Å²) in [7, 11) is -24.5. The Morgan fingerprint density at radius 1 is 0.348 bits per heavy atom. The van der Waals surface area contributed by atoms with Gasteiger partial charge in [0.2, 0.25) is 0 Å². The fourth-order valence-corrected chi connectivity index (χ4v) is 19.6. The molecule has 794 valence electrons. The van der Waals surface area contributed by atoms with E-state index in [9.17, 15) is 144 Å². The van der Waals surface area contributed by atoms with Gasteiger partial charge >= 0.3 is 44.9 Å². The van der Waals surface area contributed by atoms with E-state index >= 15 is 0 Å². The third kappa shape index (κ3) is 37.1. The van der Waals surface area contributed by atoms with Gasteiger partial charge in [-0.05, 0) is 277 Å². The van der Waals surface area contributed by atoms with Crippen molar-refractivity contribution in [3.63, 3.8) is 0 Å². The molecule has 8 bridgehead atoms. The molecule has 8 N–H and O–H groups in total. The number of hydrogen-bond donors (Lipinski definition) is 8. The first kappa shape index (κ1) is 127. The van der Waals surface area contributed by atoms with Crippen LogP contribution >= 0.6 is 0 Å². The quantitative estimate of drug-likeness (QED) is 0.00838. The van der Waals surface area contributed by atoms with Crippen molar-refractivity contribution in [2.45, 2.75) is 339 Å². The second kappa shape index (κ2) is 47.4. The van der Waals surface area contributed by atoms with Crippen LogP contribution in [-0.4, -0.2) is 234 Å². The molecule has 8 saturated carbocycles. The Kier molecular flexibility index (Phi) is 43.7. The average Bonchev–Trinajstić information content (AvgIpc) is 0.683. The fraction of sp³-hybridized carbons (Fsp3) is 0.702. The van der Waals surface area contributed by atoms with E-state index in [4.69, 9.17) is 29.9 Å². The summed E-state index contributed by atoms with van der Waals surface area (Å²) in [6.07, 6.45) is -11.5. The number of benzene rings is 5. The first-order chi connectivity index (χ1) is 61.6. The molecule has 8 aliphatic carbocycles. The first-order valence-corrected chi connectivity index (χ1v) is 49.8. The second-order valence-electron chi connectivity index (χ2n) is 42.3. The highest BCUT2D eigenvalue weighted by atomic mass is 32.2. The van der Waals surface area contributed by atoms with Crippen LogP contribution in [0.4, 0.5) is 52.7 Å². The van der Waals surface area contributed by atoms with Gasteiger partial charge in [-0.15, -0.1) is 0 Å².